The van der Waals surface area contributed by atoms with Crippen LogP contribution in [0.3, 0.4) is 0 Å². The molecule has 3 aromatic rings. The number of anilines is 2. The predicted octanol–water partition coefficient (Wildman–Crippen LogP) is 2.40. The molecule has 3 heterocycles. The Bertz CT molecular complexity index is 859. The Hall–Kier alpha value is -2.85. The molecule has 0 aliphatic rings. The fraction of sp³-hybridized carbons (Fsp3) is 0. The zero-order chi connectivity index (χ0) is 14.3. The molecule has 0 aromatic carbocycles. The summed E-state index contributed by atoms with van der Waals surface area (Å²) in [5.74, 6) is 0.549. The van der Waals surface area contributed by atoms with E-state index in [1.807, 2.05) is 6.07 Å². The Labute approximate surface area is 117 Å². The Morgan fingerprint density at radius 1 is 1.45 bits per heavy atom. The quantitative estimate of drug-likeness (QED) is 0.697. The van der Waals surface area contributed by atoms with Gasteiger partial charge in [0, 0.05) is 5.39 Å². The van der Waals surface area contributed by atoms with Crippen molar-refractivity contribution in [3.63, 3.8) is 0 Å². The Morgan fingerprint density at radius 3 is 2.85 bits per heavy atom. The van der Waals surface area contributed by atoms with Crippen molar-refractivity contribution in [1.29, 1.82) is 5.26 Å². The van der Waals surface area contributed by atoms with Crippen molar-refractivity contribution in [2.75, 3.05) is 11.5 Å². The summed E-state index contributed by atoms with van der Waals surface area (Å²) in [5.41, 5.74) is 12.7. The van der Waals surface area contributed by atoms with Crippen LogP contribution < -0.4 is 11.5 Å². The first-order chi connectivity index (χ1) is 9.67. The summed E-state index contributed by atoms with van der Waals surface area (Å²) in [6.07, 6.45) is 2.15. The van der Waals surface area contributed by atoms with E-state index in [2.05, 4.69) is 4.98 Å². The number of aldehydes is 1. The summed E-state index contributed by atoms with van der Waals surface area (Å²) in [5, 5.41) is 9.82. The molecule has 0 bridgehead atoms. The molecule has 4 N–H and O–H groups in total. The van der Waals surface area contributed by atoms with E-state index in [4.69, 9.17) is 15.9 Å². The summed E-state index contributed by atoms with van der Waals surface area (Å²) in [7, 11) is 0. The third-order valence-corrected chi connectivity index (χ3v) is 3.94. The van der Waals surface area contributed by atoms with E-state index in [0.717, 1.165) is 11.3 Å². The number of aromatic nitrogens is 1. The monoisotopic (exact) mass is 284 g/mol. The maximum Gasteiger partial charge on any atom is 0.162 e. The topological polar surface area (TPSA) is 119 Å². The van der Waals surface area contributed by atoms with E-state index >= 15 is 0 Å². The van der Waals surface area contributed by atoms with Crippen LogP contribution in [0.5, 0.6) is 0 Å². The first kappa shape index (κ1) is 12.2. The summed E-state index contributed by atoms with van der Waals surface area (Å²) in [4.78, 5) is 16.0. The van der Waals surface area contributed by atoms with Crippen molar-refractivity contribution >= 4 is 39.3 Å². The Kier molecular flexibility index (Phi) is 2.66. The first-order valence-corrected chi connectivity index (χ1v) is 6.39. The van der Waals surface area contributed by atoms with E-state index in [9.17, 15) is 10.1 Å². The zero-order valence-corrected chi connectivity index (χ0v) is 10.9. The Balaban J connectivity index is 2.54. The highest BCUT2D eigenvalue weighted by molar-refractivity contribution is 7.21. The van der Waals surface area contributed by atoms with Gasteiger partial charge in [-0.2, -0.15) is 5.26 Å². The lowest BCUT2D eigenvalue weighted by Crippen LogP contribution is -1.98. The predicted molar refractivity (Wildman–Crippen MR) is 76.2 cm³/mol. The van der Waals surface area contributed by atoms with Gasteiger partial charge in [-0.1, -0.05) is 0 Å². The molecule has 0 aliphatic heterocycles. The second-order valence-electron chi connectivity index (χ2n) is 4.01. The molecule has 0 aliphatic carbocycles. The molecular formula is C13H8N4O2S. The number of hydrogen-bond acceptors (Lipinski definition) is 7. The van der Waals surface area contributed by atoms with Crippen LogP contribution >= 0.6 is 11.3 Å². The summed E-state index contributed by atoms with van der Waals surface area (Å²) in [6, 6.07) is 5.41. The fourth-order valence-corrected chi connectivity index (χ4v) is 2.98. The van der Waals surface area contributed by atoms with Gasteiger partial charge < -0.3 is 15.9 Å². The summed E-state index contributed by atoms with van der Waals surface area (Å²) < 4.78 is 5.35. The van der Waals surface area contributed by atoms with Gasteiger partial charge in [0.1, 0.15) is 28.0 Å². The number of nitrogens with zero attached hydrogens (tertiary/aromatic N) is 2. The maximum absolute atomic E-state index is 11.0. The molecular weight excluding hydrogens is 276 g/mol. The molecule has 0 saturated heterocycles. The average molecular weight is 284 g/mol. The van der Waals surface area contributed by atoms with Gasteiger partial charge in [-0.3, -0.25) is 4.79 Å². The standard InChI is InChI=1S/C13H8N4O2S/c14-4-6-9(7-2-1-3-19-7)10-11(15)8(5-18)20-13(10)17-12(6)16/h1-3,5H,15H2,(H2,16,17). The van der Waals surface area contributed by atoms with Gasteiger partial charge >= 0.3 is 0 Å². The number of nitrogens with two attached hydrogens (primary N) is 2. The molecule has 0 amide bonds. The van der Waals surface area contributed by atoms with Gasteiger partial charge in [-0.25, -0.2) is 4.98 Å². The highest BCUT2D eigenvalue weighted by Gasteiger charge is 2.22. The van der Waals surface area contributed by atoms with Crippen LogP contribution in [-0.4, -0.2) is 11.3 Å². The number of carbonyl (C=O) groups is 1. The van der Waals surface area contributed by atoms with E-state index in [1.165, 1.54) is 6.26 Å². The normalized spacial score (nSPS) is 10.6. The second-order valence-corrected chi connectivity index (χ2v) is 5.04. The minimum absolute atomic E-state index is 0.0881. The highest BCUT2D eigenvalue weighted by Crippen LogP contribution is 2.41. The number of furan rings is 1. The number of nitrogen functional groups attached to an aromatic ring is 2. The number of pyridine rings is 1. The minimum atomic E-state index is 0.0881. The van der Waals surface area contributed by atoms with E-state index in [1.54, 1.807) is 12.1 Å². The smallest absolute Gasteiger partial charge is 0.162 e. The van der Waals surface area contributed by atoms with Gasteiger partial charge in [0.25, 0.3) is 0 Å². The molecule has 0 radical (unpaired) electrons. The van der Waals surface area contributed by atoms with Crippen molar-refractivity contribution < 1.29 is 9.21 Å². The van der Waals surface area contributed by atoms with Crippen molar-refractivity contribution in [1.82, 2.24) is 4.98 Å². The largest absolute Gasteiger partial charge is 0.464 e. The number of thiophene rings is 1. The van der Waals surface area contributed by atoms with Gasteiger partial charge in [0.15, 0.2) is 6.29 Å². The molecule has 98 valence electrons. The van der Waals surface area contributed by atoms with Crippen molar-refractivity contribution in [2.24, 2.45) is 0 Å². The average Bonchev–Trinajstić information content (AvgIpc) is 3.06. The van der Waals surface area contributed by atoms with Crippen molar-refractivity contribution in [3.05, 3.63) is 28.8 Å². The van der Waals surface area contributed by atoms with Crippen LogP contribution in [0.1, 0.15) is 15.2 Å². The molecule has 0 spiro atoms. The second kappa shape index (κ2) is 4.36. The van der Waals surface area contributed by atoms with Crippen molar-refractivity contribution in [3.8, 4) is 17.4 Å². The van der Waals surface area contributed by atoms with Crippen LogP contribution in [-0.2, 0) is 0 Å². The summed E-state index contributed by atoms with van der Waals surface area (Å²) in [6.45, 7) is 0. The lowest BCUT2D eigenvalue weighted by Gasteiger charge is -2.06. The number of rotatable bonds is 2. The van der Waals surface area contributed by atoms with Crippen LogP contribution in [0.15, 0.2) is 22.8 Å². The molecule has 6 nitrogen and oxygen atoms in total. The van der Waals surface area contributed by atoms with Crippen LogP contribution in [0, 0.1) is 11.3 Å². The SMILES string of the molecule is N#Cc1c(N)nc2sc(C=O)c(N)c2c1-c1ccco1. The number of carbonyl (C=O) groups excluding carboxylic acids is 1. The van der Waals surface area contributed by atoms with Crippen LogP contribution in [0.4, 0.5) is 11.5 Å². The van der Waals surface area contributed by atoms with Gasteiger partial charge in [0.05, 0.1) is 22.4 Å². The van der Waals surface area contributed by atoms with Crippen LogP contribution in [0.2, 0.25) is 0 Å². The van der Waals surface area contributed by atoms with Gasteiger partial charge in [-0.05, 0) is 12.1 Å². The van der Waals surface area contributed by atoms with Gasteiger partial charge in [-0.15, -0.1) is 11.3 Å². The van der Waals surface area contributed by atoms with Crippen molar-refractivity contribution in [2.45, 2.75) is 0 Å². The molecule has 7 heteroatoms. The zero-order valence-electron chi connectivity index (χ0n) is 10.1. The minimum Gasteiger partial charge on any atom is -0.464 e. The lowest BCUT2D eigenvalue weighted by atomic mass is 10.0. The molecule has 0 saturated carbocycles. The third-order valence-electron chi connectivity index (χ3n) is 2.92. The highest BCUT2D eigenvalue weighted by atomic mass is 32.1. The third kappa shape index (κ3) is 1.56. The summed E-state index contributed by atoms with van der Waals surface area (Å²) >= 11 is 1.13. The molecule has 0 atom stereocenters. The fourth-order valence-electron chi connectivity index (χ4n) is 2.06. The molecule has 3 rings (SSSR count). The Morgan fingerprint density at radius 2 is 2.25 bits per heavy atom. The van der Waals surface area contributed by atoms with Gasteiger partial charge in [0.2, 0.25) is 0 Å². The number of hydrogen-bond donors (Lipinski definition) is 2. The van der Waals surface area contributed by atoms with E-state index < -0.39 is 0 Å². The van der Waals surface area contributed by atoms with E-state index in [0.29, 0.717) is 32.7 Å². The molecule has 20 heavy (non-hydrogen) atoms. The number of nitriles is 1. The number of fused-ring (bicyclic) bond motifs is 1. The lowest BCUT2D eigenvalue weighted by molar-refractivity contribution is 0.112. The van der Waals surface area contributed by atoms with Crippen LogP contribution in [0.25, 0.3) is 21.5 Å². The molecule has 3 aromatic heterocycles. The first-order valence-electron chi connectivity index (χ1n) is 5.58. The van der Waals surface area contributed by atoms with E-state index in [-0.39, 0.29) is 17.1 Å². The maximum atomic E-state index is 11.0. The molecule has 0 unspecified atom stereocenters. The molecule has 0 fully saturated rings.